The quantitative estimate of drug-likeness (QED) is 0.376. The fourth-order valence-corrected chi connectivity index (χ4v) is 5.03. The lowest BCUT2D eigenvalue weighted by Gasteiger charge is -2.24. The van der Waals surface area contributed by atoms with E-state index in [4.69, 9.17) is 18.5 Å². The Morgan fingerprint density at radius 3 is 2.59 bits per heavy atom. The highest BCUT2D eigenvalue weighted by Crippen LogP contribution is 2.46. The van der Waals surface area contributed by atoms with Gasteiger partial charge in [0, 0.05) is 18.2 Å². The maximum absolute atomic E-state index is 13.6. The molecule has 1 saturated heterocycles. The molecule has 186 valence electrons. The van der Waals surface area contributed by atoms with Crippen LogP contribution >= 0.6 is 7.75 Å². The van der Waals surface area contributed by atoms with Crippen molar-refractivity contribution in [2.45, 2.75) is 58.6 Å². The van der Waals surface area contributed by atoms with E-state index in [0.717, 1.165) is 0 Å². The number of aromatic nitrogens is 2. The van der Waals surface area contributed by atoms with Gasteiger partial charge in [0.05, 0.1) is 18.8 Å². The van der Waals surface area contributed by atoms with E-state index in [1.165, 1.54) is 23.8 Å². The van der Waals surface area contributed by atoms with Gasteiger partial charge in [-0.2, -0.15) is 5.09 Å². The van der Waals surface area contributed by atoms with Gasteiger partial charge in [-0.15, -0.1) is 0 Å². The van der Waals surface area contributed by atoms with Crippen molar-refractivity contribution in [3.8, 4) is 5.75 Å². The lowest BCUT2D eigenvalue weighted by Crippen LogP contribution is -2.36. The smallest absolute Gasteiger partial charge is 0.459 e. The number of nitrogens with zero attached hydrogens (tertiary/aromatic N) is 1. The van der Waals surface area contributed by atoms with Crippen molar-refractivity contribution in [1.82, 2.24) is 14.6 Å². The molecule has 0 saturated carbocycles. The van der Waals surface area contributed by atoms with Gasteiger partial charge >= 0.3 is 19.4 Å². The van der Waals surface area contributed by atoms with Gasteiger partial charge in [0.2, 0.25) is 0 Å². The van der Waals surface area contributed by atoms with Crippen LogP contribution in [0.3, 0.4) is 0 Å². The average molecular weight is 495 g/mol. The van der Waals surface area contributed by atoms with Crippen LogP contribution in [0.2, 0.25) is 0 Å². The highest BCUT2D eigenvalue weighted by atomic mass is 31.2. The SMILES string of the molecule is CC(C)OC(=O)[C@H](C)NP(=O)(OCC1CC(C)C(n2ccc(=O)[nH]c2=O)O1)Oc1ccccc1. The van der Waals surface area contributed by atoms with Crippen molar-refractivity contribution in [3.05, 3.63) is 63.4 Å². The van der Waals surface area contributed by atoms with Gasteiger partial charge in [0.1, 0.15) is 18.0 Å². The van der Waals surface area contributed by atoms with E-state index in [2.05, 4.69) is 10.1 Å². The number of aromatic amines is 1. The van der Waals surface area contributed by atoms with Gasteiger partial charge < -0.3 is 14.0 Å². The van der Waals surface area contributed by atoms with Crippen LogP contribution in [0.4, 0.5) is 0 Å². The molecule has 0 bridgehead atoms. The number of hydrogen-bond acceptors (Lipinski definition) is 8. The van der Waals surface area contributed by atoms with Gasteiger partial charge in [-0.1, -0.05) is 25.1 Å². The van der Waals surface area contributed by atoms with E-state index in [-0.39, 0.29) is 18.6 Å². The first-order chi connectivity index (χ1) is 16.1. The summed E-state index contributed by atoms with van der Waals surface area (Å²) in [5.41, 5.74) is -1.08. The van der Waals surface area contributed by atoms with Crippen LogP contribution in [-0.4, -0.2) is 40.4 Å². The van der Waals surface area contributed by atoms with Gasteiger partial charge in [-0.3, -0.25) is 23.7 Å². The average Bonchev–Trinajstić information content (AvgIpc) is 3.13. The normalized spacial score (nSPS) is 22.8. The van der Waals surface area contributed by atoms with E-state index >= 15 is 0 Å². The van der Waals surface area contributed by atoms with Gasteiger partial charge in [-0.05, 0) is 39.3 Å². The summed E-state index contributed by atoms with van der Waals surface area (Å²) in [5, 5.41) is 2.63. The number of carbonyl (C=O) groups excluding carboxylic acids is 1. The molecule has 0 spiro atoms. The number of nitrogens with one attached hydrogen (secondary N) is 2. The lowest BCUT2D eigenvalue weighted by atomic mass is 10.1. The number of H-pyrrole nitrogens is 1. The molecule has 34 heavy (non-hydrogen) atoms. The fourth-order valence-electron chi connectivity index (χ4n) is 3.51. The molecule has 1 aliphatic heterocycles. The van der Waals surface area contributed by atoms with Crippen LogP contribution in [0, 0.1) is 5.92 Å². The second kappa shape index (κ2) is 11.1. The Hall–Kier alpha value is -2.72. The number of hydrogen-bond donors (Lipinski definition) is 2. The molecule has 1 fully saturated rings. The number of carbonyl (C=O) groups is 1. The molecule has 0 aliphatic carbocycles. The Morgan fingerprint density at radius 2 is 1.94 bits per heavy atom. The van der Waals surface area contributed by atoms with Crippen molar-refractivity contribution >= 4 is 13.7 Å². The van der Waals surface area contributed by atoms with Crippen LogP contribution in [0.25, 0.3) is 0 Å². The van der Waals surface area contributed by atoms with Crippen LogP contribution < -0.4 is 20.9 Å². The van der Waals surface area contributed by atoms with Crippen LogP contribution in [0.1, 0.15) is 40.3 Å². The Labute approximate surface area is 197 Å². The Balaban J connectivity index is 1.71. The molecule has 0 radical (unpaired) electrons. The molecular weight excluding hydrogens is 465 g/mol. The summed E-state index contributed by atoms with van der Waals surface area (Å²) in [5.74, 6) is -0.389. The molecule has 5 atom stereocenters. The number of esters is 1. The summed E-state index contributed by atoms with van der Waals surface area (Å²) in [7, 11) is -4.02. The highest BCUT2D eigenvalue weighted by Gasteiger charge is 2.38. The lowest BCUT2D eigenvalue weighted by molar-refractivity contribution is -0.149. The molecule has 2 N–H and O–H groups in total. The Bertz CT molecular complexity index is 1130. The van der Waals surface area contributed by atoms with E-state index < -0.39 is 43.3 Å². The molecule has 1 aliphatic rings. The zero-order chi connectivity index (χ0) is 24.9. The molecular formula is C22H30N3O8P. The van der Waals surface area contributed by atoms with E-state index in [1.807, 2.05) is 6.92 Å². The number of ether oxygens (including phenoxy) is 2. The largest absolute Gasteiger partial charge is 0.462 e. The predicted molar refractivity (Wildman–Crippen MR) is 123 cm³/mol. The monoisotopic (exact) mass is 495 g/mol. The number of rotatable bonds is 10. The summed E-state index contributed by atoms with van der Waals surface area (Å²) in [4.78, 5) is 37.9. The maximum Gasteiger partial charge on any atom is 0.459 e. The summed E-state index contributed by atoms with van der Waals surface area (Å²) in [6, 6.07) is 8.71. The zero-order valence-electron chi connectivity index (χ0n) is 19.5. The predicted octanol–water partition coefficient (Wildman–Crippen LogP) is 2.59. The minimum Gasteiger partial charge on any atom is -0.462 e. The summed E-state index contributed by atoms with van der Waals surface area (Å²) < 4.78 is 37.3. The molecule has 2 aromatic rings. The minimum atomic E-state index is -4.02. The van der Waals surface area contributed by atoms with Crippen molar-refractivity contribution in [3.63, 3.8) is 0 Å². The van der Waals surface area contributed by atoms with Crippen LogP contribution in [0.5, 0.6) is 5.75 Å². The minimum absolute atomic E-state index is 0.0838. The maximum atomic E-state index is 13.6. The third-order valence-electron chi connectivity index (χ3n) is 5.04. The van der Waals surface area contributed by atoms with Crippen molar-refractivity contribution in [2.24, 2.45) is 5.92 Å². The van der Waals surface area contributed by atoms with E-state index in [0.29, 0.717) is 12.2 Å². The first-order valence-electron chi connectivity index (χ1n) is 11.0. The Morgan fingerprint density at radius 1 is 1.24 bits per heavy atom. The molecule has 12 heteroatoms. The van der Waals surface area contributed by atoms with Crippen LogP contribution in [0.15, 0.2) is 52.2 Å². The van der Waals surface area contributed by atoms with E-state index in [1.54, 1.807) is 44.2 Å². The third-order valence-corrected chi connectivity index (χ3v) is 6.68. The third kappa shape index (κ3) is 6.89. The fraction of sp³-hybridized carbons (Fsp3) is 0.500. The summed E-state index contributed by atoms with van der Waals surface area (Å²) in [6.45, 7) is 6.70. The van der Waals surface area contributed by atoms with Crippen molar-refractivity contribution in [1.29, 1.82) is 0 Å². The van der Waals surface area contributed by atoms with Gasteiger partial charge in [0.15, 0.2) is 0 Å². The second-order valence-electron chi connectivity index (χ2n) is 8.41. The number of para-hydroxylation sites is 1. The topological polar surface area (TPSA) is 138 Å². The van der Waals surface area contributed by atoms with Crippen molar-refractivity contribution < 1.29 is 27.9 Å². The molecule has 0 amide bonds. The zero-order valence-corrected chi connectivity index (χ0v) is 20.4. The molecule has 1 aromatic carbocycles. The molecule has 3 rings (SSSR count). The Kier molecular flexibility index (Phi) is 8.48. The standard InChI is InChI=1S/C22H30N3O8P/c1-14(2)31-21(27)16(4)24-34(29,33-17-8-6-5-7-9-17)30-13-18-12-15(3)20(32-18)25-11-10-19(26)23-22(25)28/h5-11,14-16,18,20H,12-13H2,1-4H3,(H,24,29)(H,23,26,28)/t15?,16-,18?,20?,34?/m0/s1. The summed E-state index contributed by atoms with van der Waals surface area (Å²) in [6.07, 6.45) is 0.408. The first-order valence-corrected chi connectivity index (χ1v) is 12.5. The molecule has 1 aromatic heterocycles. The molecule has 2 heterocycles. The van der Waals surface area contributed by atoms with Crippen molar-refractivity contribution in [2.75, 3.05) is 6.61 Å². The molecule has 4 unspecified atom stereocenters. The van der Waals surface area contributed by atoms with Gasteiger partial charge in [-0.25, -0.2) is 9.36 Å². The van der Waals surface area contributed by atoms with E-state index in [9.17, 15) is 18.9 Å². The number of benzene rings is 1. The first kappa shape index (κ1) is 25.9. The molecule has 11 nitrogen and oxygen atoms in total. The second-order valence-corrected chi connectivity index (χ2v) is 10.1. The van der Waals surface area contributed by atoms with Crippen LogP contribution in [-0.2, 0) is 23.4 Å². The highest BCUT2D eigenvalue weighted by molar-refractivity contribution is 7.52. The van der Waals surface area contributed by atoms with Gasteiger partial charge in [0.25, 0.3) is 5.56 Å². The summed E-state index contributed by atoms with van der Waals surface area (Å²) >= 11 is 0.